The number of hydrogen-bond acceptors (Lipinski definition) is 2. The lowest BCUT2D eigenvalue weighted by Crippen LogP contribution is -2.33. The largest absolute Gasteiger partial charge is 0.383 e. The summed E-state index contributed by atoms with van der Waals surface area (Å²) in [6, 6.07) is 13.9. The number of anilines is 1. The topological polar surface area (TPSA) is 41.1 Å². The molecule has 0 unspecified atom stereocenters. The Morgan fingerprint density at radius 1 is 1.07 bits per heavy atom. The molecule has 0 aromatic heterocycles. The van der Waals surface area contributed by atoms with Gasteiger partial charge in [-0.1, -0.05) is 44.0 Å². The third-order valence-electron chi connectivity index (χ3n) is 5.96. The molecule has 1 amide bonds. The second-order valence-electron chi connectivity index (χ2n) is 8.88. The highest BCUT2D eigenvalue weighted by Crippen LogP contribution is 2.29. The lowest BCUT2D eigenvalue weighted by molar-refractivity contribution is -0.118. The monoisotopic (exact) mass is 404 g/mol. The first kappa shape index (κ1) is 22.1. The SMILES string of the molecule is CC/C(=C\c1cc(C)c(-c2ccc(NC(C)C)cc2)cc1C)C(=O)NC1CCCC1. The van der Waals surface area contributed by atoms with Crippen LogP contribution in [0.15, 0.2) is 42.0 Å². The van der Waals surface area contributed by atoms with Crippen LogP contribution in [0.2, 0.25) is 0 Å². The number of benzene rings is 2. The van der Waals surface area contributed by atoms with Crippen molar-refractivity contribution in [2.24, 2.45) is 0 Å². The number of carbonyl (C=O) groups is 1. The van der Waals surface area contributed by atoms with Gasteiger partial charge in [0.2, 0.25) is 5.91 Å². The van der Waals surface area contributed by atoms with Crippen molar-refractivity contribution in [3.8, 4) is 11.1 Å². The summed E-state index contributed by atoms with van der Waals surface area (Å²) < 4.78 is 0. The van der Waals surface area contributed by atoms with E-state index in [2.05, 4.69) is 87.7 Å². The number of amides is 1. The van der Waals surface area contributed by atoms with Crippen LogP contribution in [0.1, 0.15) is 69.6 Å². The molecule has 0 spiro atoms. The Balaban J connectivity index is 1.82. The Morgan fingerprint density at radius 3 is 2.33 bits per heavy atom. The van der Waals surface area contributed by atoms with Crippen LogP contribution in [0.3, 0.4) is 0 Å². The number of rotatable bonds is 7. The molecule has 3 nitrogen and oxygen atoms in total. The first-order chi connectivity index (χ1) is 14.4. The average molecular weight is 405 g/mol. The van der Waals surface area contributed by atoms with Gasteiger partial charge in [-0.15, -0.1) is 0 Å². The van der Waals surface area contributed by atoms with Gasteiger partial charge in [0.05, 0.1) is 0 Å². The van der Waals surface area contributed by atoms with E-state index in [1.807, 2.05) is 0 Å². The van der Waals surface area contributed by atoms with Crippen LogP contribution in [0.4, 0.5) is 5.69 Å². The Bertz CT molecular complexity index is 903. The van der Waals surface area contributed by atoms with Gasteiger partial charge in [0.1, 0.15) is 0 Å². The van der Waals surface area contributed by atoms with Crippen LogP contribution in [0.25, 0.3) is 17.2 Å². The predicted molar refractivity (Wildman–Crippen MR) is 129 cm³/mol. The number of nitrogens with one attached hydrogen (secondary N) is 2. The summed E-state index contributed by atoms with van der Waals surface area (Å²) in [6.45, 7) is 10.6. The second kappa shape index (κ2) is 9.97. The molecule has 2 aromatic rings. The van der Waals surface area contributed by atoms with E-state index >= 15 is 0 Å². The highest BCUT2D eigenvalue weighted by molar-refractivity contribution is 5.98. The minimum absolute atomic E-state index is 0.0961. The van der Waals surface area contributed by atoms with Crippen LogP contribution in [-0.4, -0.2) is 18.0 Å². The van der Waals surface area contributed by atoms with E-state index in [-0.39, 0.29) is 5.91 Å². The van der Waals surface area contributed by atoms with Gasteiger partial charge in [0.25, 0.3) is 0 Å². The summed E-state index contributed by atoms with van der Waals surface area (Å²) in [7, 11) is 0. The summed E-state index contributed by atoms with van der Waals surface area (Å²) in [5, 5.41) is 6.66. The highest BCUT2D eigenvalue weighted by atomic mass is 16.1. The smallest absolute Gasteiger partial charge is 0.247 e. The van der Waals surface area contributed by atoms with E-state index in [0.717, 1.165) is 36.1 Å². The molecule has 3 heteroatoms. The molecule has 1 saturated carbocycles. The molecule has 1 aliphatic carbocycles. The number of hydrogen-bond donors (Lipinski definition) is 2. The van der Waals surface area contributed by atoms with Crippen molar-refractivity contribution < 1.29 is 4.79 Å². The molecule has 0 heterocycles. The fourth-order valence-corrected chi connectivity index (χ4v) is 4.25. The summed E-state index contributed by atoms with van der Waals surface area (Å²) >= 11 is 0. The number of aryl methyl sites for hydroxylation is 2. The maximum Gasteiger partial charge on any atom is 0.247 e. The summed E-state index contributed by atoms with van der Waals surface area (Å²) in [4.78, 5) is 12.7. The molecule has 0 saturated heterocycles. The summed E-state index contributed by atoms with van der Waals surface area (Å²) in [5.74, 6) is 0.0961. The van der Waals surface area contributed by atoms with Crippen LogP contribution in [0.5, 0.6) is 0 Å². The average Bonchev–Trinajstić information content (AvgIpc) is 3.21. The second-order valence-corrected chi connectivity index (χ2v) is 8.88. The standard InChI is InChI=1S/C27H36N2O/c1-6-21(27(30)29-24-9-7-8-10-24)17-23-15-20(5)26(16-19(23)4)22-11-13-25(14-12-22)28-18(2)3/h11-18,24,28H,6-10H2,1-5H3,(H,29,30)/b21-17+. The Labute approximate surface area is 182 Å². The maximum absolute atomic E-state index is 12.7. The molecular formula is C27H36N2O. The van der Waals surface area contributed by atoms with Crippen LogP contribution < -0.4 is 10.6 Å². The molecule has 1 fully saturated rings. The van der Waals surface area contributed by atoms with Crippen molar-refractivity contribution in [1.29, 1.82) is 0 Å². The Kier molecular flexibility index (Phi) is 7.36. The van der Waals surface area contributed by atoms with Crippen molar-refractivity contribution in [2.75, 3.05) is 5.32 Å². The van der Waals surface area contributed by atoms with Crippen LogP contribution in [0, 0.1) is 13.8 Å². The summed E-state index contributed by atoms with van der Waals surface area (Å²) in [6.07, 6.45) is 7.49. The van der Waals surface area contributed by atoms with E-state index in [0.29, 0.717) is 12.1 Å². The third-order valence-corrected chi connectivity index (χ3v) is 5.96. The van der Waals surface area contributed by atoms with Gasteiger partial charge < -0.3 is 10.6 Å². The van der Waals surface area contributed by atoms with Gasteiger partial charge in [0, 0.05) is 23.3 Å². The Hall–Kier alpha value is -2.55. The molecule has 0 atom stereocenters. The molecule has 30 heavy (non-hydrogen) atoms. The van der Waals surface area contributed by atoms with Crippen LogP contribution in [-0.2, 0) is 4.79 Å². The van der Waals surface area contributed by atoms with Crippen LogP contribution >= 0.6 is 0 Å². The molecule has 3 rings (SSSR count). The molecule has 2 N–H and O–H groups in total. The van der Waals surface area contributed by atoms with Gasteiger partial charge in [-0.2, -0.15) is 0 Å². The van der Waals surface area contributed by atoms with Crippen molar-refractivity contribution in [3.05, 3.63) is 58.7 Å². The van der Waals surface area contributed by atoms with Crippen molar-refractivity contribution in [3.63, 3.8) is 0 Å². The van der Waals surface area contributed by atoms with Gasteiger partial charge in [-0.05, 0) is 93.0 Å². The van der Waals surface area contributed by atoms with Crippen molar-refractivity contribution >= 4 is 17.7 Å². The molecule has 2 aromatic carbocycles. The first-order valence-electron chi connectivity index (χ1n) is 11.4. The highest BCUT2D eigenvalue weighted by Gasteiger charge is 2.19. The fourth-order valence-electron chi connectivity index (χ4n) is 4.25. The van der Waals surface area contributed by atoms with Gasteiger partial charge in [-0.3, -0.25) is 4.79 Å². The van der Waals surface area contributed by atoms with Gasteiger partial charge >= 0.3 is 0 Å². The lowest BCUT2D eigenvalue weighted by atomic mass is 9.93. The zero-order valence-electron chi connectivity index (χ0n) is 19.1. The zero-order valence-corrected chi connectivity index (χ0v) is 19.1. The van der Waals surface area contributed by atoms with E-state index < -0.39 is 0 Å². The molecule has 0 bridgehead atoms. The van der Waals surface area contributed by atoms with Gasteiger partial charge in [-0.25, -0.2) is 0 Å². The fraction of sp³-hybridized carbons (Fsp3) is 0.444. The minimum Gasteiger partial charge on any atom is -0.383 e. The number of carbonyl (C=O) groups excluding carboxylic acids is 1. The maximum atomic E-state index is 12.7. The Morgan fingerprint density at radius 2 is 1.73 bits per heavy atom. The van der Waals surface area contributed by atoms with Gasteiger partial charge in [0.15, 0.2) is 0 Å². The predicted octanol–water partition coefficient (Wildman–Crippen LogP) is 6.64. The van der Waals surface area contributed by atoms with Crippen molar-refractivity contribution in [2.45, 2.75) is 78.8 Å². The molecule has 160 valence electrons. The lowest BCUT2D eigenvalue weighted by Gasteiger charge is -2.15. The molecule has 1 aliphatic rings. The zero-order chi connectivity index (χ0) is 21.7. The minimum atomic E-state index is 0.0961. The van der Waals surface area contributed by atoms with E-state index in [1.165, 1.54) is 35.1 Å². The van der Waals surface area contributed by atoms with E-state index in [1.54, 1.807) is 0 Å². The summed E-state index contributed by atoms with van der Waals surface area (Å²) in [5.41, 5.74) is 8.02. The van der Waals surface area contributed by atoms with Crippen molar-refractivity contribution in [1.82, 2.24) is 5.32 Å². The van der Waals surface area contributed by atoms with E-state index in [4.69, 9.17) is 0 Å². The first-order valence-corrected chi connectivity index (χ1v) is 11.4. The quantitative estimate of drug-likeness (QED) is 0.508. The molecular weight excluding hydrogens is 368 g/mol. The third kappa shape index (κ3) is 5.53. The molecule has 0 aliphatic heterocycles. The van der Waals surface area contributed by atoms with E-state index in [9.17, 15) is 4.79 Å². The normalized spacial score (nSPS) is 14.9. The molecule has 0 radical (unpaired) electrons.